The molecule has 0 aromatic carbocycles. The number of pyridine rings is 1. The van der Waals surface area contributed by atoms with Gasteiger partial charge in [-0.2, -0.15) is 5.10 Å². The van der Waals surface area contributed by atoms with E-state index in [0.717, 1.165) is 11.2 Å². The Morgan fingerprint density at radius 1 is 1.35 bits per heavy atom. The van der Waals surface area contributed by atoms with Crippen molar-refractivity contribution in [2.45, 2.75) is 19.9 Å². The van der Waals surface area contributed by atoms with Gasteiger partial charge in [0.1, 0.15) is 9.84 Å². The minimum atomic E-state index is -3.09. The smallest absolute Gasteiger partial charge is 0.165 e. The average Bonchev–Trinajstić information content (AvgIpc) is 3.04. The van der Waals surface area contributed by atoms with Crippen molar-refractivity contribution in [3.63, 3.8) is 0 Å². The van der Waals surface area contributed by atoms with Gasteiger partial charge in [-0.1, -0.05) is 0 Å². The van der Waals surface area contributed by atoms with E-state index in [4.69, 9.17) is 0 Å². The SMILES string of the molecule is CCn1c(CCS(C)(=O)=O)c(O)c2nn(-c3cccnc3)cc21. The highest BCUT2D eigenvalue weighted by Gasteiger charge is 2.20. The molecule has 122 valence electrons. The third kappa shape index (κ3) is 2.94. The monoisotopic (exact) mass is 334 g/mol. The fourth-order valence-corrected chi connectivity index (χ4v) is 3.22. The summed E-state index contributed by atoms with van der Waals surface area (Å²) in [6, 6.07) is 3.68. The second kappa shape index (κ2) is 5.69. The van der Waals surface area contributed by atoms with E-state index in [1.807, 2.05) is 29.8 Å². The number of aryl methyl sites for hydroxylation is 1. The van der Waals surface area contributed by atoms with Crippen LogP contribution in [0.2, 0.25) is 0 Å². The minimum absolute atomic E-state index is 0.00419. The van der Waals surface area contributed by atoms with Crippen LogP contribution < -0.4 is 0 Å². The zero-order valence-electron chi connectivity index (χ0n) is 13.0. The molecule has 3 aromatic rings. The summed E-state index contributed by atoms with van der Waals surface area (Å²) < 4.78 is 26.3. The van der Waals surface area contributed by atoms with Crippen LogP contribution in [0.3, 0.4) is 0 Å². The van der Waals surface area contributed by atoms with Gasteiger partial charge >= 0.3 is 0 Å². The Hall–Kier alpha value is -2.35. The van der Waals surface area contributed by atoms with Crippen molar-refractivity contribution in [3.8, 4) is 11.4 Å². The molecule has 0 fully saturated rings. The fourth-order valence-electron chi connectivity index (χ4n) is 2.66. The van der Waals surface area contributed by atoms with Gasteiger partial charge in [-0.15, -0.1) is 0 Å². The summed E-state index contributed by atoms with van der Waals surface area (Å²) in [5.41, 5.74) is 2.65. The number of aromatic hydroxyl groups is 1. The van der Waals surface area contributed by atoms with Crippen LogP contribution in [-0.2, 0) is 22.8 Å². The molecule has 8 heteroatoms. The molecule has 0 saturated carbocycles. The molecule has 0 radical (unpaired) electrons. The molecule has 0 aliphatic heterocycles. The molecule has 1 N–H and O–H groups in total. The van der Waals surface area contributed by atoms with Crippen LogP contribution in [0.1, 0.15) is 12.6 Å². The number of nitrogens with zero attached hydrogens (tertiary/aromatic N) is 4. The molecule has 3 aromatic heterocycles. The van der Waals surface area contributed by atoms with E-state index in [1.54, 1.807) is 17.1 Å². The maximum Gasteiger partial charge on any atom is 0.165 e. The van der Waals surface area contributed by atoms with Crippen molar-refractivity contribution in [1.29, 1.82) is 0 Å². The Morgan fingerprint density at radius 3 is 2.74 bits per heavy atom. The summed E-state index contributed by atoms with van der Waals surface area (Å²) in [4.78, 5) is 4.06. The largest absolute Gasteiger partial charge is 0.504 e. The molecule has 0 aliphatic rings. The molecule has 0 amide bonds. The quantitative estimate of drug-likeness (QED) is 0.764. The van der Waals surface area contributed by atoms with Crippen LogP contribution in [0.5, 0.6) is 5.75 Å². The van der Waals surface area contributed by atoms with Crippen LogP contribution in [0.25, 0.3) is 16.7 Å². The molecule has 23 heavy (non-hydrogen) atoms. The Morgan fingerprint density at radius 2 is 2.13 bits per heavy atom. The second-order valence-corrected chi connectivity index (χ2v) is 7.70. The summed E-state index contributed by atoms with van der Waals surface area (Å²) >= 11 is 0. The van der Waals surface area contributed by atoms with Gasteiger partial charge in [-0.3, -0.25) is 4.98 Å². The van der Waals surface area contributed by atoms with Crippen molar-refractivity contribution in [1.82, 2.24) is 19.3 Å². The molecule has 0 unspecified atom stereocenters. The first kappa shape index (κ1) is 15.5. The Kier molecular flexibility index (Phi) is 3.85. The van der Waals surface area contributed by atoms with Crippen molar-refractivity contribution in [2.75, 3.05) is 12.0 Å². The molecule has 7 nitrogen and oxygen atoms in total. The predicted octanol–water partition coefficient (Wildman–Crippen LogP) is 1.53. The summed E-state index contributed by atoms with van der Waals surface area (Å²) in [5, 5.41) is 14.9. The molecule has 0 spiro atoms. The molecule has 0 atom stereocenters. The summed E-state index contributed by atoms with van der Waals surface area (Å²) in [7, 11) is -3.09. The van der Waals surface area contributed by atoms with Gasteiger partial charge in [0.2, 0.25) is 0 Å². The van der Waals surface area contributed by atoms with Crippen molar-refractivity contribution >= 4 is 20.9 Å². The Labute approximate surface area is 134 Å². The lowest BCUT2D eigenvalue weighted by molar-refractivity contribution is 0.467. The number of hydrogen-bond donors (Lipinski definition) is 1. The maximum atomic E-state index is 11.4. The lowest BCUT2D eigenvalue weighted by Crippen LogP contribution is -2.10. The summed E-state index contributed by atoms with van der Waals surface area (Å²) in [6.45, 7) is 2.57. The third-order valence-corrected chi connectivity index (χ3v) is 4.69. The first-order valence-electron chi connectivity index (χ1n) is 7.28. The normalized spacial score (nSPS) is 12.1. The van der Waals surface area contributed by atoms with Crippen LogP contribution in [0.15, 0.2) is 30.7 Å². The van der Waals surface area contributed by atoms with Crippen LogP contribution >= 0.6 is 0 Å². The van der Waals surface area contributed by atoms with Gasteiger partial charge in [0.05, 0.1) is 35.0 Å². The zero-order chi connectivity index (χ0) is 16.6. The molecular weight excluding hydrogens is 316 g/mol. The topological polar surface area (TPSA) is 90.0 Å². The standard InChI is InChI=1S/C15H18N4O3S/c1-3-18-12(6-8-23(2,21)22)15(20)14-13(18)10-19(17-14)11-5-4-7-16-9-11/h4-5,7,9-10,20H,3,6,8H2,1-2H3. The Bertz CT molecular complexity index is 942. The number of aromatic nitrogens is 4. The van der Waals surface area contributed by atoms with Gasteiger partial charge in [0.25, 0.3) is 0 Å². The van der Waals surface area contributed by atoms with Crippen LogP contribution in [-0.4, -0.2) is 44.9 Å². The first-order valence-corrected chi connectivity index (χ1v) is 9.34. The maximum absolute atomic E-state index is 11.4. The van der Waals surface area contributed by atoms with E-state index >= 15 is 0 Å². The van der Waals surface area contributed by atoms with Crippen LogP contribution in [0, 0.1) is 0 Å². The van der Waals surface area contributed by atoms with E-state index in [2.05, 4.69) is 10.1 Å². The number of hydrogen-bond acceptors (Lipinski definition) is 5. The molecule has 3 heterocycles. The molecular formula is C15H18N4O3S. The Balaban J connectivity index is 2.07. The van der Waals surface area contributed by atoms with E-state index in [-0.39, 0.29) is 17.9 Å². The molecule has 0 bridgehead atoms. The molecule has 3 rings (SSSR count). The van der Waals surface area contributed by atoms with Gasteiger partial charge in [0, 0.05) is 25.4 Å². The van der Waals surface area contributed by atoms with Crippen molar-refractivity contribution < 1.29 is 13.5 Å². The van der Waals surface area contributed by atoms with E-state index < -0.39 is 9.84 Å². The number of fused-ring (bicyclic) bond motifs is 1. The highest BCUT2D eigenvalue weighted by molar-refractivity contribution is 7.90. The number of sulfone groups is 1. The van der Waals surface area contributed by atoms with Crippen molar-refractivity contribution in [2.24, 2.45) is 0 Å². The van der Waals surface area contributed by atoms with Crippen molar-refractivity contribution in [3.05, 3.63) is 36.4 Å². The van der Waals surface area contributed by atoms with Gasteiger partial charge in [-0.05, 0) is 19.1 Å². The highest BCUT2D eigenvalue weighted by atomic mass is 32.2. The van der Waals surface area contributed by atoms with Gasteiger partial charge in [-0.25, -0.2) is 13.1 Å². The van der Waals surface area contributed by atoms with E-state index in [0.29, 0.717) is 17.8 Å². The molecule has 0 saturated heterocycles. The minimum Gasteiger partial charge on any atom is -0.504 e. The van der Waals surface area contributed by atoms with E-state index in [1.165, 1.54) is 6.26 Å². The second-order valence-electron chi connectivity index (χ2n) is 5.44. The van der Waals surface area contributed by atoms with Gasteiger partial charge in [0.15, 0.2) is 11.3 Å². The predicted molar refractivity (Wildman–Crippen MR) is 87.6 cm³/mol. The lowest BCUT2D eigenvalue weighted by atomic mass is 10.3. The molecule has 0 aliphatic carbocycles. The third-order valence-electron chi connectivity index (χ3n) is 3.75. The summed E-state index contributed by atoms with van der Waals surface area (Å²) in [6.07, 6.45) is 6.64. The summed E-state index contributed by atoms with van der Waals surface area (Å²) in [5.74, 6) is 0.0450. The highest BCUT2D eigenvalue weighted by Crippen LogP contribution is 2.32. The average molecular weight is 334 g/mol. The zero-order valence-corrected chi connectivity index (χ0v) is 13.8. The first-order chi connectivity index (χ1) is 10.9. The lowest BCUT2D eigenvalue weighted by Gasteiger charge is -2.07. The number of rotatable bonds is 5. The van der Waals surface area contributed by atoms with E-state index in [9.17, 15) is 13.5 Å². The van der Waals surface area contributed by atoms with Crippen LogP contribution in [0.4, 0.5) is 0 Å². The van der Waals surface area contributed by atoms with Gasteiger partial charge < -0.3 is 9.67 Å². The fraction of sp³-hybridized carbons (Fsp3) is 0.333.